The molecule has 3 heterocycles. The van der Waals surface area contributed by atoms with Crippen molar-refractivity contribution in [3.63, 3.8) is 0 Å². The Balaban J connectivity index is 1.46. The third-order valence-corrected chi connectivity index (χ3v) is 5.40. The van der Waals surface area contributed by atoms with Crippen LogP contribution < -0.4 is 16.0 Å². The Morgan fingerprint density at radius 3 is 2.79 bits per heavy atom. The highest BCUT2D eigenvalue weighted by Crippen LogP contribution is 2.29. The minimum atomic E-state index is -1.00. The number of nitrogens with zero attached hydrogens (tertiary/aromatic N) is 3. The third kappa shape index (κ3) is 4.21. The molecule has 0 bridgehead atoms. The maximum Gasteiger partial charge on any atom is 0.251 e. The predicted octanol–water partition coefficient (Wildman–Crippen LogP) is 1.85. The molecular formula is C22H25N5O2. The molecule has 7 heteroatoms. The molecule has 7 nitrogen and oxygen atoms in total. The van der Waals surface area contributed by atoms with Gasteiger partial charge in [-0.1, -0.05) is 12.1 Å². The van der Waals surface area contributed by atoms with E-state index in [1.807, 2.05) is 30.3 Å². The second kappa shape index (κ2) is 8.14. The molecule has 1 saturated heterocycles. The molecule has 3 aromatic rings. The van der Waals surface area contributed by atoms with Crippen molar-refractivity contribution >= 4 is 22.6 Å². The van der Waals surface area contributed by atoms with Gasteiger partial charge in [0, 0.05) is 44.1 Å². The molecule has 2 aromatic heterocycles. The van der Waals surface area contributed by atoms with E-state index in [0.717, 1.165) is 35.2 Å². The number of anilines is 1. The van der Waals surface area contributed by atoms with Gasteiger partial charge in [0.05, 0.1) is 16.8 Å². The normalized spacial score (nSPS) is 19.3. The molecule has 4 N–H and O–H groups in total. The maximum absolute atomic E-state index is 12.5. The summed E-state index contributed by atoms with van der Waals surface area (Å²) in [7, 11) is 0. The summed E-state index contributed by atoms with van der Waals surface area (Å²) >= 11 is 0. The van der Waals surface area contributed by atoms with Crippen LogP contribution in [0.3, 0.4) is 0 Å². The van der Waals surface area contributed by atoms with E-state index in [1.165, 1.54) is 0 Å². The van der Waals surface area contributed by atoms with Crippen LogP contribution in [0.25, 0.3) is 11.0 Å². The number of hydrogen-bond acceptors (Lipinski definition) is 6. The first-order valence-corrected chi connectivity index (χ1v) is 9.82. The topological polar surface area (TPSA) is 104 Å². The van der Waals surface area contributed by atoms with E-state index in [0.29, 0.717) is 25.1 Å². The SMILES string of the molecule is NCc1ccc(C(=O)NC[C@@]2(O)CCCN(c3ccnc4cccnc34)C2)cc1. The quantitative estimate of drug-likeness (QED) is 0.613. The molecule has 0 aliphatic carbocycles. The van der Waals surface area contributed by atoms with Crippen LogP contribution in [-0.4, -0.2) is 46.2 Å². The van der Waals surface area contributed by atoms with Crippen LogP contribution in [0.2, 0.25) is 0 Å². The van der Waals surface area contributed by atoms with E-state index in [1.54, 1.807) is 24.5 Å². The lowest BCUT2D eigenvalue weighted by Gasteiger charge is -2.40. The van der Waals surface area contributed by atoms with E-state index >= 15 is 0 Å². The van der Waals surface area contributed by atoms with Crippen LogP contribution in [0.15, 0.2) is 54.9 Å². The largest absolute Gasteiger partial charge is 0.386 e. The number of nitrogens with two attached hydrogens (primary N) is 1. The summed E-state index contributed by atoms with van der Waals surface area (Å²) in [5, 5.41) is 14.0. The Morgan fingerprint density at radius 1 is 1.17 bits per heavy atom. The van der Waals surface area contributed by atoms with E-state index in [9.17, 15) is 9.90 Å². The highest BCUT2D eigenvalue weighted by atomic mass is 16.3. The molecule has 150 valence electrons. The first-order valence-electron chi connectivity index (χ1n) is 9.82. The van der Waals surface area contributed by atoms with Crippen molar-refractivity contribution in [2.75, 3.05) is 24.5 Å². The average molecular weight is 391 g/mol. The zero-order chi connectivity index (χ0) is 20.3. The van der Waals surface area contributed by atoms with Crippen molar-refractivity contribution in [1.82, 2.24) is 15.3 Å². The number of fused-ring (bicyclic) bond motifs is 1. The van der Waals surface area contributed by atoms with Gasteiger partial charge < -0.3 is 21.1 Å². The van der Waals surface area contributed by atoms with Gasteiger partial charge in [0.15, 0.2) is 0 Å². The van der Waals surface area contributed by atoms with Gasteiger partial charge in [-0.3, -0.25) is 14.8 Å². The smallest absolute Gasteiger partial charge is 0.251 e. The molecule has 1 aliphatic rings. The first kappa shape index (κ1) is 19.3. The zero-order valence-corrected chi connectivity index (χ0v) is 16.2. The highest BCUT2D eigenvalue weighted by Gasteiger charge is 2.34. The summed E-state index contributed by atoms with van der Waals surface area (Å²) in [6.45, 7) is 1.88. The Bertz CT molecular complexity index is 1000. The Hall–Kier alpha value is -3.03. The average Bonchev–Trinajstić information content (AvgIpc) is 2.77. The van der Waals surface area contributed by atoms with Crippen molar-refractivity contribution in [2.24, 2.45) is 5.73 Å². The molecule has 1 amide bonds. The van der Waals surface area contributed by atoms with Crippen molar-refractivity contribution in [3.8, 4) is 0 Å². The van der Waals surface area contributed by atoms with Crippen LogP contribution in [0, 0.1) is 0 Å². The zero-order valence-electron chi connectivity index (χ0n) is 16.2. The number of benzene rings is 1. The molecule has 1 fully saturated rings. The molecule has 0 saturated carbocycles. The van der Waals surface area contributed by atoms with Crippen molar-refractivity contribution in [3.05, 3.63) is 66.0 Å². The molecule has 1 aromatic carbocycles. The second-order valence-corrected chi connectivity index (χ2v) is 7.53. The van der Waals surface area contributed by atoms with Crippen molar-refractivity contribution < 1.29 is 9.90 Å². The van der Waals surface area contributed by atoms with Gasteiger partial charge in [-0.05, 0) is 48.7 Å². The number of hydrogen-bond donors (Lipinski definition) is 3. The number of nitrogens with one attached hydrogen (secondary N) is 1. The molecule has 0 unspecified atom stereocenters. The molecule has 1 atom stereocenters. The van der Waals surface area contributed by atoms with Gasteiger partial charge in [-0.2, -0.15) is 0 Å². The minimum absolute atomic E-state index is 0.192. The van der Waals surface area contributed by atoms with E-state index in [2.05, 4.69) is 20.2 Å². The minimum Gasteiger partial charge on any atom is -0.386 e. The van der Waals surface area contributed by atoms with E-state index in [4.69, 9.17) is 5.73 Å². The Labute approximate surface area is 169 Å². The van der Waals surface area contributed by atoms with Crippen LogP contribution in [0.1, 0.15) is 28.8 Å². The number of β-amino-alcohol motifs (C(OH)–C–C–N with tert-alkyl or cyclic N) is 1. The van der Waals surface area contributed by atoms with Crippen LogP contribution in [-0.2, 0) is 6.54 Å². The highest BCUT2D eigenvalue weighted by molar-refractivity contribution is 5.94. The van der Waals surface area contributed by atoms with Gasteiger partial charge >= 0.3 is 0 Å². The van der Waals surface area contributed by atoms with Crippen LogP contribution >= 0.6 is 0 Å². The van der Waals surface area contributed by atoms with Crippen LogP contribution in [0.5, 0.6) is 0 Å². The van der Waals surface area contributed by atoms with Gasteiger partial charge in [-0.15, -0.1) is 0 Å². The third-order valence-electron chi connectivity index (χ3n) is 5.40. The standard InChI is InChI=1S/C22H25N5O2/c23-13-16-4-6-17(7-5-16)21(28)26-14-22(29)9-2-12-27(15-22)19-8-11-24-18-3-1-10-25-20(18)19/h1,3-8,10-11,29H,2,9,12-15,23H2,(H,26,28)/t22-/m0/s1. The lowest BCUT2D eigenvalue weighted by Crippen LogP contribution is -2.54. The summed E-state index contributed by atoms with van der Waals surface area (Å²) in [5.41, 5.74) is 8.73. The van der Waals surface area contributed by atoms with E-state index < -0.39 is 5.60 Å². The maximum atomic E-state index is 12.5. The lowest BCUT2D eigenvalue weighted by atomic mass is 9.92. The number of rotatable bonds is 5. The lowest BCUT2D eigenvalue weighted by molar-refractivity contribution is 0.0257. The number of aromatic nitrogens is 2. The second-order valence-electron chi connectivity index (χ2n) is 7.53. The van der Waals surface area contributed by atoms with Crippen molar-refractivity contribution in [1.29, 1.82) is 0 Å². The van der Waals surface area contributed by atoms with Gasteiger partial charge in [0.25, 0.3) is 5.91 Å². The summed E-state index contributed by atoms with van der Waals surface area (Å²) in [6.07, 6.45) is 4.97. The van der Waals surface area contributed by atoms with Gasteiger partial charge in [-0.25, -0.2) is 0 Å². The Morgan fingerprint density at radius 2 is 2.00 bits per heavy atom. The monoisotopic (exact) mass is 391 g/mol. The number of carbonyl (C=O) groups is 1. The molecule has 29 heavy (non-hydrogen) atoms. The van der Waals surface area contributed by atoms with Gasteiger partial charge in [0.1, 0.15) is 5.52 Å². The fraction of sp³-hybridized carbons (Fsp3) is 0.318. The number of carbonyl (C=O) groups excluding carboxylic acids is 1. The number of amides is 1. The summed E-state index contributed by atoms with van der Waals surface area (Å²) in [4.78, 5) is 23.4. The number of pyridine rings is 2. The summed E-state index contributed by atoms with van der Waals surface area (Å²) < 4.78 is 0. The fourth-order valence-corrected chi connectivity index (χ4v) is 3.82. The molecule has 0 radical (unpaired) electrons. The Kier molecular flexibility index (Phi) is 5.42. The fourth-order valence-electron chi connectivity index (χ4n) is 3.82. The van der Waals surface area contributed by atoms with Crippen molar-refractivity contribution in [2.45, 2.75) is 25.0 Å². The van der Waals surface area contributed by atoms with E-state index in [-0.39, 0.29) is 12.5 Å². The number of piperidine rings is 1. The molecule has 0 spiro atoms. The van der Waals surface area contributed by atoms with Gasteiger partial charge in [0.2, 0.25) is 0 Å². The molecular weight excluding hydrogens is 366 g/mol. The molecule has 1 aliphatic heterocycles. The summed E-state index contributed by atoms with van der Waals surface area (Å²) in [5.74, 6) is -0.199. The summed E-state index contributed by atoms with van der Waals surface area (Å²) in [6, 6.07) is 12.9. The predicted molar refractivity (Wildman–Crippen MR) is 113 cm³/mol. The molecule has 4 rings (SSSR count). The number of aliphatic hydroxyl groups is 1. The first-order chi connectivity index (χ1) is 14.1. The van der Waals surface area contributed by atoms with Crippen LogP contribution in [0.4, 0.5) is 5.69 Å².